The van der Waals surface area contributed by atoms with Crippen molar-refractivity contribution in [3.8, 4) is 0 Å². The van der Waals surface area contributed by atoms with E-state index in [1.807, 2.05) is 30.3 Å². The van der Waals surface area contributed by atoms with Crippen molar-refractivity contribution in [1.29, 1.82) is 0 Å². The molecule has 0 N–H and O–H groups in total. The van der Waals surface area contributed by atoms with Gasteiger partial charge in [0, 0.05) is 19.6 Å². The molecule has 0 aromatic heterocycles. The molecule has 1 aliphatic carbocycles. The first-order chi connectivity index (χ1) is 12.4. The molecule has 4 nitrogen and oxygen atoms in total. The summed E-state index contributed by atoms with van der Waals surface area (Å²) in [5.41, 5.74) is 1.02. The van der Waals surface area contributed by atoms with Crippen molar-refractivity contribution in [3.05, 3.63) is 48.0 Å². The van der Waals surface area contributed by atoms with Gasteiger partial charge in [-0.1, -0.05) is 62.1 Å². The van der Waals surface area contributed by atoms with Crippen LogP contribution in [0.5, 0.6) is 0 Å². The van der Waals surface area contributed by atoms with E-state index in [0.29, 0.717) is 13.2 Å². The highest BCUT2D eigenvalue weighted by Gasteiger charge is 2.39. The van der Waals surface area contributed by atoms with Crippen LogP contribution in [0.15, 0.2) is 42.5 Å². The number of ether oxygens (including phenoxy) is 3. The summed E-state index contributed by atoms with van der Waals surface area (Å²) in [7, 11) is -1.19. The minimum absolute atomic E-state index is 0.0118. The SMILES string of the molecule is C[Si](C)(C)CCOC(=O)[C@@H]1CC=C[C@H]1[C@@H]1CCO[C@H](c2ccccc2)O1. The maximum absolute atomic E-state index is 12.6. The molecule has 2 aliphatic rings. The van der Waals surface area contributed by atoms with Crippen molar-refractivity contribution >= 4 is 14.0 Å². The quantitative estimate of drug-likeness (QED) is 0.416. The van der Waals surface area contributed by atoms with E-state index in [0.717, 1.165) is 24.4 Å². The van der Waals surface area contributed by atoms with Crippen LogP contribution in [0.2, 0.25) is 25.7 Å². The molecular weight excluding hydrogens is 344 g/mol. The number of esters is 1. The summed E-state index contributed by atoms with van der Waals surface area (Å²) < 4.78 is 17.6. The van der Waals surface area contributed by atoms with E-state index < -0.39 is 8.07 Å². The standard InChI is InChI=1S/C21H30O4Si/c1-26(2,3)15-14-23-20(22)18-11-7-10-17(18)19-12-13-24-21(25-19)16-8-5-4-6-9-16/h4-10,17-19,21H,11-15H2,1-3H3/t17-,18-,19+,21+/m1/s1. The van der Waals surface area contributed by atoms with Gasteiger partial charge in [0.2, 0.25) is 0 Å². The number of hydrogen-bond acceptors (Lipinski definition) is 4. The average Bonchev–Trinajstić information content (AvgIpc) is 3.11. The molecule has 3 rings (SSSR count). The smallest absolute Gasteiger partial charge is 0.309 e. The predicted molar refractivity (Wildman–Crippen MR) is 104 cm³/mol. The monoisotopic (exact) mass is 374 g/mol. The zero-order chi connectivity index (χ0) is 18.6. The summed E-state index contributed by atoms with van der Waals surface area (Å²) >= 11 is 0. The first-order valence-corrected chi connectivity index (χ1v) is 13.3. The molecule has 1 aliphatic heterocycles. The highest BCUT2D eigenvalue weighted by Crippen LogP contribution is 2.37. The van der Waals surface area contributed by atoms with Gasteiger partial charge in [-0.15, -0.1) is 0 Å². The molecular formula is C21H30O4Si. The highest BCUT2D eigenvalue weighted by molar-refractivity contribution is 6.76. The van der Waals surface area contributed by atoms with E-state index in [2.05, 4.69) is 31.8 Å². The molecule has 0 amide bonds. The molecule has 1 saturated heterocycles. The lowest BCUT2D eigenvalue weighted by Crippen LogP contribution is -2.37. The summed E-state index contributed by atoms with van der Waals surface area (Å²) in [6.07, 6.45) is 5.40. The minimum atomic E-state index is -1.19. The third-order valence-corrected chi connectivity index (χ3v) is 6.79. The number of carbonyl (C=O) groups excluding carboxylic acids is 1. The summed E-state index contributed by atoms with van der Waals surface area (Å²) in [6.45, 7) is 8.06. The molecule has 0 saturated carbocycles. The molecule has 4 atom stereocenters. The van der Waals surface area contributed by atoms with Gasteiger partial charge in [0.1, 0.15) is 0 Å². The first-order valence-electron chi connectivity index (χ1n) is 9.59. The molecule has 0 bridgehead atoms. The third kappa shape index (κ3) is 5.06. The summed E-state index contributed by atoms with van der Waals surface area (Å²) in [5.74, 6) is -0.134. The van der Waals surface area contributed by atoms with E-state index in [4.69, 9.17) is 14.2 Å². The Balaban J connectivity index is 1.58. The Morgan fingerprint density at radius 1 is 1.23 bits per heavy atom. The number of allylic oxidation sites excluding steroid dienone is 1. The largest absolute Gasteiger partial charge is 0.466 e. The van der Waals surface area contributed by atoms with Gasteiger partial charge in [0.25, 0.3) is 0 Å². The van der Waals surface area contributed by atoms with Crippen LogP contribution in [0.3, 0.4) is 0 Å². The van der Waals surface area contributed by atoms with Gasteiger partial charge < -0.3 is 14.2 Å². The van der Waals surface area contributed by atoms with Crippen molar-refractivity contribution in [2.75, 3.05) is 13.2 Å². The summed E-state index contributed by atoms with van der Waals surface area (Å²) in [5, 5.41) is 0. The second kappa shape index (κ2) is 8.50. The van der Waals surface area contributed by atoms with Gasteiger partial charge >= 0.3 is 5.97 Å². The van der Waals surface area contributed by atoms with Gasteiger partial charge in [0.15, 0.2) is 6.29 Å². The van der Waals surface area contributed by atoms with Crippen LogP contribution in [0.25, 0.3) is 0 Å². The molecule has 0 unspecified atom stereocenters. The number of rotatable bonds is 6. The second-order valence-corrected chi connectivity index (χ2v) is 14.0. The van der Waals surface area contributed by atoms with E-state index in [1.165, 1.54) is 0 Å². The van der Waals surface area contributed by atoms with Crippen LogP contribution in [-0.4, -0.2) is 33.4 Å². The molecule has 0 radical (unpaired) electrons. The molecule has 0 spiro atoms. The molecule has 26 heavy (non-hydrogen) atoms. The average molecular weight is 375 g/mol. The summed E-state index contributed by atoms with van der Waals surface area (Å²) in [6, 6.07) is 11.0. The number of hydrogen-bond donors (Lipinski definition) is 0. The highest BCUT2D eigenvalue weighted by atomic mass is 28.3. The number of benzene rings is 1. The maximum Gasteiger partial charge on any atom is 0.309 e. The van der Waals surface area contributed by atoms with Crippen molar-refractivity contribution in [1.82, 2.24) is 0 Å². The van der Waals surface area contributed by atoms with E-state index in [-0.39, 0.29) is 30.2 Å². The van der Waals surface area contributed by atoms with Crippen LogP contribution >= 0.6 is 0 Å². The van der Waals surface area contributed by atoms with Crippen LogP contribution in [0.4, 0.5) is 0 Å². The van der Waals surface area contributed by atoms with Crippen molar-refractivity contribution in [2.24, 2.45) is 11.8 Å². The van der Waals surface area contributed by atoms with Gasteiger partial charge in [-0.05, 0) is 18.9 Å². The van der Waals surface area contributed by atoms with E-state index in [9.17, 15) is 4.79 Å². The Bertz CT molecular complexity index is 623. The number of carbonyl (C=O) groups is 1. The Morgan fingerprint density at radius 2 is 2.00 bits per heavy atom. The topological polar surface area (TPSA) is 44.8 Å². The fourth-order valence-electron chi connectivity index (χ4n) is 3.50. The lowest BCUT2D eigenvalue weighted by molar-refractivity contribution is -0.229. The van der Waals surface area contributed by atoms with Gasteiger partial charge in [-0.2, -0.15) is 0 Å². The second-order valence-electron chi connectivity index (χ2n) is 8.40. The van der Waals surface area contributed by atoms with Crippen molar-refractivity contribution in [3.63, 3.8) is 0 Å². The third-order valence-electron chi connectivity index (χ3n) is 5.08. The predicted octanol–water partition coefficient (Wildman–Crippen LogP) is 4.56. The lowest BCUT2D eigenvalue weighted by Gasteiger charge is -2.35. The molecule has 1 aromatic rings. The van der Waals surface area contributed by atoms with Crippen LogP contribution in [0.1, 0.15) is 24.7 Å². The van der Waals surface area contributed by atoms with Crippen molar-refractivity contribution in [2.45, 2.75) is 50.9 Å². The fraction of sp³-hybridized carbons (Fsp3) is 0.571. The van der Waals surface area contributed by atoms with Crippen LogP contribution < -0.4 is 0 Å². The minimum Gasteiger partial charge on any atom is -0.466 e. The van der Waals surface area contributed by atoms with Crippen molar-refractivity contribution < 1.29 is 19.0 Å². The Hall–Kier alpha value is -1.43. The van der Waals surface area contributed by atoms with E-state index >= 15 is 0 Å². The van der Waals surface area contributed by atoms with E-state index in [1.54, 1.807) is 0 Å². The zero-order valence-electron chi connectivity index (χ0n) is 16.0. The van der Waals surface area contributed by atoms with Gasteiger partial charge in [0.05, 0.1) is 25.2 Å². The normalized spacial score (nSPS) is 28.9. The molecule has 5 heteroatoms. The maximum atomic E-state index is 12.6. The van der Waals surface area contributed by atoms with Gasteiger partial charge in [-0.3, -0.25) is 4.79 Å². The Labute approximate surface area is 157 Å². The fourth-order valence-corrected chi connectivity index (χ4v) is 4.21. The molecule has 1 heterocycles. The van der Waals surface area contributed by atoms with Crippen LogP contribution in [0, 0.1) is 11.8 Å². The molecule has 1 fully saturated rings. The Kier molecular flexibility index (Phi) is 6.32. The molecule has 142 valence electrons. The molecule has 1 aromatic carbocycles. The zero-order valence-corrected chi connectivity index (χ0v) is 17.0. The Morgan fingerprint density at radius 3 is 2.73 bits per heavy atom. The van der Waals surface area contributed by atoms with Crippen LogP contribution in [-0.2, 0) is 19.0 Å². The summed E-state index contributed by atoms with van der Waals surface area (Å²) in [4.78, 5) is 12.6. The van der Waals surface area contributed by atoms with Gasteiger partial charge in [-0.25, -0.2) is 0 Å². The first kappa shape index (κ1) is 19.3. The lowest BCUT2D eigenvalue weighted by atomic mass is 9.88.